The quantitative estimate of drug-likeness (QED) is 0.817. The number of aliphatic imine (C=N–C) groups is 1. The van der Waals surface area contributed by atoms with Crippen molar-refractivity contribution >= 4 is 11.9 Å². The summed E-state index contributed by atoms with van der Waals surface area (Å²) in [6.07, 6.45) is 0.269. The van der Waals surface area contributed by atoms with Gasteiger partial charge in [0, 0.05) is 12.0 Å². The smallest absolute Gasteiger partial charge is 0.330 e. The van der Waals surface area contributed by atoms with Crippen LogP contribution in [0.3, 0.4) is 0 Å². The maximum absolute atomic E-state index is 11.9. The van der Waals surface area contributed by atoms with Gasteiger partial charge in [0.1, 0.15) is 6.10 Å². The molecular weight excluding hydrogens is 278 g/mol. The van der Waals surface area contributed by atoms with E-state index in [1.807, 2.05) is 60.7 Å². The fraction of sp³-hybridized carbons (Fsp3) is 0.222. The second-order valence-electron chi connectivity index (χ2n) is 5.09. The van der Waals surface area contributed by atoms with E-state index in [9.17, 15) is 4.79 Å². The molecule has 112 valence electrons. The summed E-state index contributed by atoms with van der Waals surface area (Å²) in [4.78, 5) is 16.4. The van der Waals surface area contributed by atoms with Crippen molar-refractivity contribution in [2.24, 2.45) is 4.99 Å². The zero-order valence-electron chi connectivity index (χ0n) is 12.3. The molecule has 1 aliphatic heterocycles. The van der Waals surface area contributed by atoms with E-state index in [1.165, 1.54) is 7.11 Å². The van der Waals surface area contributed by atoms with Crippen molar-refractivity contribution in [2.75, 3.05) is 7.11 Å². The van der Waals surface area contributed by atoms with Gasteiger partial charge in [-0.25, -0.2) is 9.79 Å². The molecule has 4 nitrogen and oxygen atoms in total. The van der Waals surface area contributed by atoms with Gasteiger partial charge in [-0.05, 0) is 17.7 Å². The minimum Gasteiger partial charge on any atom is -0.469 e. The molecule has 0 amide bonds. The third-order valence-corrected chi connectivity index (χ3v) is 3.63. The minimum absolute atomic E-state index is 0.210. The number of hydrogen-bond acceptors (Lipinski definition) is 4. The molecule has 0 aromatic heterocycles. The second kappa shape index (κ2) is 6.43. The summed E-state index contributed by atoms with van der Waals surface area (Å²) in [6, 6.07) is 18.9. The Morgan fingerprint density at radius 3 is 2.36 bits per heavy atom. The molecule has 0 saturated heterocycles. The van der Waals surface area contributed by atoms with Gasteiger partial charge in [-0.2, -0.15) is 0 Å². The highest BCUT2D eigenvalue weighted by Crippen LogP contribution is 2.30. The van der Waals surface area contributed by atoms with Crippen molar-refractivity contribution in [1.82, 2.24) is 0 Å². The van der Waals surface area contributed by atoms with Crippen LogP contribution >= 0.6 is 0 Å². The fourth-order valence-electron chi connectivity index (χ4n) is 2.49. The lowest BCUT2D eigenvalue weighted by atomic mass is 10.0. The van der Waals surface area contributed by atoms with Gasteiger partial charge in [0.25, 0.3) is 0 Å². The number of nitrogens with zero attached hydrogens (tertiary/aromatic N) is 1. The molecule has 0 unspecified atom stereocenters. The zero-order valence-corrected chi connectivity index (χ0v) is 12.3. The van der Waals surface area contributed by atoms with Crippen molar-refractivity contribution in [3.05, 3.63) is 71.8 Å². The van der Waals surface area contributed by atoms with E-state index in [-0.39, 0.29) is 12.1 Å². The van der Waals surface area contributed by atoms with Crippen LogP contribution in [0.4, 0.5) is 0 Å². The molecule has 0 fully saturated rings. The van der Waals surface area contributed by atoms with Gasteiger partial charge in [-0.1, -0.05) is 48.5 Å². The Morgan fingerprint density at radius 1 is 1.09 bits per heavy atom. The third kappa shape index (κ3) is 3.01. The van der Waals surface area contributed by atoms with E-state index >= 15 is 0 Å². The first-order chi connectivity index (χ1) is 10.8. The predicted octanol–water partition coefficient (Wildman–Crippen LogP) is 3.14. The van der Waals surface area contributed by atoms with E-state index in [2.05, 4.69) is 4.99 Å². The maximum Gasteiger partial charge on any atom is 0.330 e. The van der Waals surface area contributed by atoms with Crippen LogP contribution in [0, 0.1) is 0 Å². The molecule has 0 saturated carbocycles. The summed E-state index contributed by atoms with van der Waals surface area (Å²) in [5.74, 6) is 0.147. The number of methoxy groups -OCH3 is 1. The first-order valence-electron chi connectivity index (χ1n) is 7.20. The number of carbonyl (C=O) groups excluding carboxylic acids is 1. The van der Waals surface area contributed by atoms with Crippen molar-refractivity contribution in [2.45, 2.75) is 18.6 Å². The van der Waals surface area contributed by atoms with Crippen LogP contribution in [0.5, 0.6) is 0 Å². The highest BCUT2D eigenvalue weighted by atomic mass is 16.5. The average molecular weight is 295 g/mol. The Morgan fingerprint density at radius 2 is 1.73 bits per heavy atom. The van der Waals surface area contributed by atoms with Crippen LogP contribution in [0.1, 0.15) is 23.7 Å². The average Bonchev–Trinajstić information content (AvgIpc) is 2.62. The fourth-order valence-corrected chi connectivity index (χ4v) is 2.49. The minimum atomic E-state index is -0.542. The van der Waals surface area contributed by atoms with Gasteiger partial charge in [0.15, 0.2) is 6.04 Å². The Hall–Kier alpha value is -2.62. The Balaban J connectivity index is 1.94. The molecule has 2 atom stereocenters. The van der Waals surface area contributed by atoms with Gasteiger partial charge >= 0.3 is 5.97 Å². The first-order valence-corrected chi connectivity index (χ1v) is 7.20. The Bertz CT molecular complexity index is 667. The van der Waals surface area contributed by atoms with E-state index in [4.69, 9.17) is 9.47 Å². The molecule has 0 bridgehead atoms. The molecule has 22 heavy (non-hydrogen) atoms. The summed E-state index contributed by atoms with van der Waals surface area (Å²) in [5, 5.41) is 0. The molecule has 0 aliphatic carbocycles. The highest BCUT2D eigenvalue weighted by Gasteiger charge is 2.31. The zero-order chi connectivity index (χ0) is 15.4. The molecule has 3 rings (SSSR count). The third-order valence-electron chi connectivity index (χ3n) is 3.63. The van der Waals surface area contributed by atoms with Crippen molar-refractivity contribution in [3.63, 3.8) is 0 Å². The topological polar surface area (TPSA) is 47.9 Å². The Kier molecular flexibility index (Phi) is 4.19. The van der Waals surface area contributed by atoms with Gasteiger partial charge in [-0.15, -0.1) is 0 Å². The molecule has 4 heteroatoms. The van der Waals surface area contributed by atoms with Crippen LogP contribution in [0.15, 0.2) is 65.7 Å². The SMILES string of the molecule is COC(=O)[C@@H]1C[C@@H](c2ccccc2)OC(c2ccccc2)=N1. The lowest BCUT2D eigenvalue weighted by Gasteiger charge is -2.28. The molecule has 2 aromatic rings. The summed E-state index contributed by atoms with van der Waals surface area (Å²) in [6.45, 7) is 0. The lowest BCUT2D eigenvalue weighted by Crippen LogP contribution is -2.31. The molecule has 0 N–H and O–H groups in total. The van der Waals surface area contributed by atoms with Crippen LogP contribution in [0.2, 0.25) is 0 Å². The Labute approximate surface area is 129 Å². The highest BCUT2D eigenvalue weighted by molar-refractivity contribution is 5.96. The summed E-state index contributed by atoms with van der Waals surface area (Å²) in [7, 11) is 1.38. The van der Waals surface area contributed by atoms with E-state index in [1.54, 1.807) is 0 Å². The van der Waals surface area contributed by atoms with Gasteiger partial charge in [-0.3, -0.25) is 0 Å². The molecule has 0 radical (unpaired) electrons. The van der Waals surface area contributed by atoms with Gasteiger partial charge in [0.2, 0.25) is 5.90 Å². The molecule has 0 spiro atoms. The molecular formula is C18H17NO3. The van der Waals surface area contributed by atoms with E-state index in [0.29, 0.717) is 12.3 Å². The number of hydrogen-bond donors (Lipinski definition) is 0. The molecule has 1 aliphatic rings. The number of esters is 1. The number of ether oxygens (including phenoxy) is 2. The van der Waals surface area contributed by atoms with E-state index < -0.39 is 6.04 Å². The monoisotopic (exact) mass is 295 g/mol. The predicted molar refractivity (Wildman–Crippen MR) is 83.7 cm³/mol. The standard InChI is InChI=1S/C18H17NO3/c1-21-18(20)15-12-16(13-8-4-2-5-9-13)22-17(19-15)14-10-6-3-7-11-14/h2-11,15-16H,12H2,1H3/t15-,16-/m0/s1. The number of benzene rings is 2. The summed E-state index contributed by atoms with van der Waals surface area (Å²) < 4.78 is 10.9. The van der Waals surface area contributed by atoms with Crippen molar-refractivity contribution in [3.8, 4) is 0 Å². The van der Waals surface area contributed by atoms with Crippen LogP contribution in [-0.4, -0.2) is 25.0 Å². The molecule has 1 heterocycles. The first kappa shape index (κ1) is 14.3. The maximum atomic E-state index is 11.9. The second-order valence-corrected chi connectivity index (χ2v) is 5.09. The van der Waals surface area contributed by atoms with Crippen LogP contribution < -0.4 is 0 Å². The normalized spacial score (nSPS) is 20.7. The van der Waals surface area contributed by atoms with Gasteiger partial charge < -0.3 is 9.47 Å². The summed E-state index contributed by atoms with van der Waals surface area (Å²) in [5.41, 5.74) is 1.89. The van der Waals surface area contributed by atoms with Crippen LogP contribution in [0.25, 0.3) is 0 Å². The number of rotatable bonds is 3. The summed E-state index contributed by atoms with van der Waals surface area (Å²) >= 11 is 0. The van der Waals surface area contributed by atoms with Crippen molar-refractivity contribution in [1.29, 1.82) is 0 Å². The van der Waals surface area contributed by atoms with Crippen molar-refractivity contribution < 1.29 is 14.3 Å². The number of carbonyl (C=O) groups is 1. The van der Waals surface area contributed by atoms with E-state index in [0.717, 1.165) is 11.1 Å². The van der Waals surface area contributed by atoms with Crippen LogP contribution in [-0.2, 0) is 14.3 Å². The lowest BCUT2D eigenvalue weighted by molar-refractivity contribution is -0.143. The van der Waals surface area contributed by atoms with Gasteiger partial charge in [0.05, 0.1) is 7.11 Å². The molecule has 2 aromatic carbocycles. The largest absolute Gasteiger partial charge is 0.469 e.